The number of ether oxygens (including phenoxy) is 1. The number of benzene rings is 3. The number of rotatable bonds is 7. The van der Waals surface area contributed by atoms with Gasteiger partial charge >= 0.3 is 5.97 Å². The van der Waals surface area contributed by atoms with Crippen molar-refractivity contribution < 1.29 is 19.1 Å². The average Bonchev–Trinajstić information content (AvgIpc) is 3.16. The van der Waals surface area contributed by atoms with Crippen LogP contribution in [0.15, 0.2) is 94.4 Å². The van der Waals surface area contributed by atoms with Gasteiger partial charge in [-0.15, -0.1) is 0 Å². The molecule has 0 saturated carbocycles. The second kappa shape index (κ2) is 11.1. The number of aromatic carboxylic acids is 1. The Hall–Kier alpha value is -4.42. The molecule has 198 valence electrons. The maximum absolute atomic E-state index is 14.2. The van der Waals surface area contributed by atoms with Crippen LogP contribution in [-0.2, 0) is 11.3 Å². The molecule has 0 bridgehead atoms. The van der Waals surface area contributed by atoms with Crippen LogP contribution in [0.3, 0.4) is 0 Å². The SMILES string of the molecule is Cc1cc(C(C)NCc2ccccc2C(=O)O)c2oc(-c3ccccc3)c(C3=COC(C)CC=C3)c(=O)c2c1. The van der Waals surface area contributed by atoms with Crippen LogP contribution in [0.25, 0.3) is 27.9 Å². The summed E-state index contributed by atoms with van der Waals surface area (Å²) in [7, 11) is 0. The van der Waals surface area contributed by atoms with Crippen LogP contribution >= 0.6 is 0 Å². The van der Waals surface area contributed by atoms with Gasteiger partial charge in [0.15, 0.2) is 0 Å². The molecule has 0 radical (unpaired) electrons. The van der Waals surface area contributed by atoms with E-state index < -0.39 is 5.97 Å². The van der Waals surface area contributed by atoms with Gasteiger partial charge in [0.05, 0.1) is 28.9 Å². The van der Waals surface area contributed by atoms with Crippen LogP contribution in [0, 0.1) is 6.92 Å². The van der Waals surface area contributed by atoms with Crippen LogP contribution in [0.1, 0.15) is 58.9 Å². The summed E-state index contributed by atoms with van der Waals surface area (Å²) >= 11 is 0. The van der Waals surface area contributed by atoms with E-state index in [4.69, 9.17) is 9.15 Å². The van der Waals surface area contributed by atoms with Gasteiger partial charge in [-0.1, -0.05) is 66.7 Å². The smallest absolute Gasteiger partial charge is 0.336 e. The molecule has 0 saturated heterocycles. The lowest BCUT2D eigenvalue weighted by Crippen LogP contribution is -2.21. The van der Waals surface area contributed by atoms with E-state index in [1.54, 1.807) is 24.5 Å². The first-order valence-electron chi connectivity index (χ1n) is 13.1. The fourth-order valence-corrected chi connectivity index (χ4v) is 4.92. The minimum atomic E-state index is -0.965. The Morgan fingerprint density at radius 3 is 2.62 bits per heavy atom. The monoisotopic (exact) mass is 521 g/mol. The fourth-order valence-electron chi connectivity index (χ4n) is 4.92. The zero-order valence-electron chi connectivity index (χ0n) is 22.2. The second-order valence-corrected chi connectivity index (χ2v) is 9.96. The van der Waals surface area contributed by atoms with Crippen molar-refractivity contribution >= 4 is 22.5 Å². The number of hydrogen-bond donors (Lipinski definition) is 2. The largest absolute Gasteiger partial charge is 0.497 e. The summed E-state index contributed by atoms with van der Waals surface area (Å²) in [5, 5.41) is 13.5. The molecule has 1 aliphatic heterocycles. The third-order valence-electron chi connectivity index (χ3n) is 7.00. The molecule has 6 heteroatoms. The van der Waals surface area contributed by atoms with Crippen LogP contribution in [0.5, 0.6) is 0 Å². The van der Waals surface area contributed by atoms with Gasteiger partial charge in [-0.25, -0.2) is 4.79 Å². The summed E-state index contributed by atoms with van der Waals surface area (Å²) in [6.45, 7) is 6.28. The van der Waals surface area contributed by atoms with Crippen LogP contribution in [-0.4, -0.2) is 17.2 Å². The first-order chi connectivity index (χ1) is 18.8. The van der Waals surface area contributed by atoms with Gasteiger partial charge in [-0.3, -0.25) is 4.79 Å². The Kier molecular flexibility index (Phi) is 7.48. The predicted molar refractivity (Wildman–Crippen MR) is 154 cm³/mol. The normalized spacial score (nSPS) is 15.9. The molecular formula is C33H31NO5. The van der Waals surface area contributed by atoms with E-state index in [1.165, 1.54) is 0 Å². The number of aryl methyl sites for hydroxylation is 1. The van der Waals surface area contributed by atoms with Gasteiger partial charge in [0, 0.05) is 35.7 Å². The summed E-state index contributed by atoms with van der Waals surface area (Å²) in [6, 6.07) is 20.2. The summed E-state index contributed by atoms with van der Waals surface area (Å²) in [6.07, 6.45) is 6.36. The molecule has 6 nitrogen and oxygen atoms in total. The topological polar surface area (TPSA) is 88.8 Å². The van der Waals surface area contributed by atoms with Crippen molar-refractivity contribution in [1.82, 2.24) is 5.32 Å². The molecular weight excluding hydrogens is 490 g/mol. The quantitative estimate of drug-likeness (QED) is 0.272. The minimum Gasteiger partial charge on any atom is -0.497 e. The Balaban J connectivity index is 1.65. The predicted octanol–water partition coefficient (Wildman–Crippen LogP) is 7.02. The van der Waals surface area contributed by atoms with E-state index >= 15 is 0 Å². The Labute approximate surface area is 227 Å². The highest BCUT2D eigenvalue weighted by Crippen LogP contribution is 2.35. The van der Waals surface area contributed by atoms with Gasteiger partial charge in [0.25, 0.3) is 0 Å². The van der Waals surface area contributed by atoms with Gasteiger partial charge in [0.2, 0.25) is 5.43 Å². The number of fused-ring (bicyclic) bond motifs is 1. The molecule has 0 spiro atoms. The first kappa shape index (κ1) is 26.2. The molecule has 1 aliphatic rings. The first-order valence-corrected chi connectivity index (χ1v) is 13.1. The second-order valence-electron chi connectivity index (χ2n) is 9.96. The molecule has 5 rings (SSSR count). The van der Waals surface area contributed by atoms with Crippen molar-refractivity contribution in [3.8, 4) is 11.3 Å². The van der Waals surface area contributed by atoms with Crippen LogP contribution in [0.4, 0.5) is 0 Å². The molecule has 39 heavy (non-hydrogen) atoms. The van der Waals surface area contributed by atoms with Crippen molar-refractivity contribution in [1.29, 1.82) is 0 Å². The number of carbonyl (C=O) groups is 1. The summed E-state index contributed by atoms with van der Waals surface area (Å²) in [5.41, 5.74) is 5.01. The molecule has 0 aliphatic carbocycles. The zero-order valence-corrected chi connectivity index (χ0v) is 22.2. The lowest BCUT2D eigenvalue weighted by atomic mass is 9.95. The van der Waals surface area contributed by atoms with Gasteiger partial charge < -0.3 is 19.6 Å². The van der Waals surface area contributed by atoms with Gasteiger partial charge in [-0.05, 0) is 44.0 Å². The number of nitrogens with one attached hydrogen (secondary N) is 1. The number of hydrogen-bond acceptors (Lipinski definition) is 5. The lowest BCUT2D eigenvalue weighted by Gasteiger charge is -2.19. The van der Waals surface area contributed by atoms with E-state index in [0.717, 1.165) is 23.1 Å². The summed E-state index contributed by atoms with van der Waals surface area (Å²) in [4.78, 5) is 25.8. The number of carboxylic acid groups (broad SMARTS) is 1. The third-order valence-corrected chi connectivity index (χ3v) is 7.00. The molecule has 0 fully saturated rings. The molecule has 2 atom stereocenters. The molecule has 1 aromatic heterocycles. The number of allylic oxidation sites excluding steroid dienone is 2. The average molecular weight is 522 g/mol. The van der Waals surface area contributed by atoms with Crippen molar-refractivity contribution in [3.63, 3.8) is 0 Å². The number of carboxylic acids is 1. The molecule has 2 heterocycles. The Bertz CT molecular complexity index is 1650. The highest BCUT2D eigenvalue weighted by Gasteiger charge is 2.23. The van der Waals surface area contributed by atoms with Crippen LogP contribution < -0.4 is 10.7 Å². The molecule has 2 N–H and O–H groups in total. The van der Waals surface area contributed by atoms with E-state index in [2.05, 4.69) is 5.32 Å². The van der Waals surface area contributed by atoms with E-state index in [1.807, 2.05) is 81.5 Å². The van der Waals surface area contributed by atoms with Gasteiger partial charge in [-0.2, -0.15) is 0 Å². The van der Waals surface area contributed by atoms with E-state index in [9.17, 15) is 14.7 Å². The highest BCUT2D eigenvalue weighted by molar-refractivity contribution is 5.91. The molecule has 4 aromatic rings. The van der Waals surface area contributed by atoms with Gasteiger partial charge in [0.1, 0.15) is 11.3 Å². The maximum atomic E-state index is 14.2. The van der Waals surface area contributed by atoms with E-state index in [-0.39, 0.29) is 23.1 Å². The zero-order chi connectivity index (χ0) is 27.5. The maximum Gasteiger partial charge on any atom is 0.336 e. The van der Waals surface area contributed by atoms with Crippen molar-refractivity contribution in [3.05, 3.63) is 123 Å². The lowest BCUT2D eigenvalue weighted by molar-refractivity contribution is 0.0695. The third kappa shape index (κ3) is 5.42. The Morgan fingerprint density at radius 1 is 1.10 bits per heavy atom. The standard InChI is InChI=1S/C33H31NO5/c1-20-16-27(22(3)34-18-24-13-7-8-15-26(24)33(36)37)32-28(17-20)30(35)29(25-14-9-10-21(2)38-19-25)31(39-32)23-11-5-4-6-12-23/h4-9,11-17,19,21-22,34H,10,18H2,1-3H3,(H,36,37). The minimum absolute atomic E-state index is 0.0125. The highest BCUT2D eigenvalue weighted by atomic mass is 16.5. The molecule has 0 amide bonds. The summed E-state index contributed by atoms with van der Waals surface area (Å²) in [5.74, 6) is -0.483. The fraction of sp³-hybridized carbons (Fsp3) is 0.212. The molecule has 2 unspecified atom stereocenters. The summed E-state index contributed by atoms with van der Waals surface area (Å²) < 4.78 is 12.5. The van der Waals surface area contributed by atoms with Crippen LogP contribution in [0.2, 0.25) is 0 Å². The van der Waals surface area contributed by atoms with Crippen molar-refractivity contribution in [2.45, 2.75) is 45.9 Å². The Morgan fingerprint density at radius 2 is 1.85 bits per heavy atom. The van der Waals surface area contributed by atoms with Crippen molar-refractivity contribution in [2.75, 3.05) is 0 Å². The van der Waals surface area contributed by atoms with Crippen molar-refractivity contribution in [2.24, 2.45) is 0 Å². The van der Waals surface area contributed by atoms with E-state index in [0.29, 0.717) is 40.0 Å². The molecule has 3 aromatic carbocycles.